The molecule has 0 bridgehead atoms. The van der Waals surface area contributed by atoms with Crippen LogP contribution >= 0.6 is 0 Å². The molecular weight excluding hydrogens is 172 g/mol. The van der Waals surface area contributed by atoms with Gasteiger partial charge in [-0.2, -0.15) is 0 Å². The summed E-state index contributed by atoms with van der Waals surface area (Å²) >= 11 is 0. The van der Waals surface area contributed by atoms with Crippen LogP contribution in [-0.4, -0.2) is 56.5 Å². The van der Waals surface area contributed by atoms with Crippen LogP contribution in [0.1, 0.15) is 0 Å². The van der Waals surface area contributed by atoms with E-state index in [-0.39, 0.29) is 12.1 Å². The lowest BCUT2D eigenvalue weighted by molar-refractivity contribution is 0.0999. The maximum absolute atomic E-state index is 11.3. The molecule has 2 amide bonds. The number of nitrogens with zero attached hydrogens (tertiary/aromatic N) is 1. The van der Waals surface area contributed by atoms with Crippen LogP contribution < -0.4 is 5.32 Å². The lowest BCUT2D eigenvalue weighted by Gasteiger charge is -2.23. The van der Waals surface area contributed by atoms with Crippen molar-refractivity contribution in [1.82, 2.24) is 10.2 Å². The average Bonchev–Trinajstić information content (AvgIpc) is 2.43. The molecule has 2 aliphatic rings. The first kappa shape index (κ1) is 8.77. The summed E-state index contributed by atoms with van der Waals surface area (Å²) in [5.74, 6) is 0. The summed E-state index contributed by atoms with van der Waals surface area (Å²) in [4.78, 5) is 13.1. The van der Waals surface area contributed by atoms with Gasteiger partial charge < -0.3 is 19.7 Å². The first-order valence-electron chi connectivity index (χ1n) is 4.58. The standard InChI is InChI=1S/C8H14N2O3/c11-8-9-1-2-10(8)7-5-12-3-4-13-6-7/h7H,1-6H2,(H,9,11). The minimum Gasteiger partial charge on any atom is -0.377 e. The van der Waals surface area contributed by atoms with Crippen LogP contribution in [0.4, 0.5) is 4.79 Å². The summed E-state index contributed by atoms with van der Waals surface area (Å²) in [7, 11) is 0. The number of urea groups is 1. The fourth-order valence-corrected chi connectivity index (χ4v) is 1.62. The zero-order valence-corrected chi connectivity index (χ0v) is 7.49. The van der Waals surface area contributed by atoms with E-state index in [9.17, 15) is 4.79 Å². The molecule has 0 aromatic heterocycles. The van der Waals surface area contributed by atoms with Crippen LogP contribution in [0, 0.1) is 0 Å². The van der Waals surface area contributed by atoms with Crippen molar-refractivity contribution in [3.05, 3.63) is 0 Å². The Morgan fingerprint density at radius 3 is 2.54 bits per heavy atom. The Hall–Kier alpha value is -0.810. The fourth-order valence-electron chi connectivity index (χ4n) is 1.62. The lowest BCUT2D eigenvalue weighted by atomic mass is 10.3. The van der Waals surface area contributed by atoms with E-state index in [1.54, 1.807) is 4.90 Å². The zero-order chi connectivity index (χ0) is 9.10. The van der Waals surface area contributed by atoms with Crippen molar-refractivity contribution in [3.63, 3.8) is 0 Å². The van der Waals surface area contributed by atoms with Crippen LogP contribution in [0.5, 0.6) is 0 Å². The van der Waals surface area contributed by atoms with E-state index in [4.69, 9.17) is 9.47 Å². The molecule has 0 spiro atoms. The molecule has 0 radical (unpaired) electrons. The second-order valence-electron chi connectivity index (χ2n) is 3.23. The molecule has 5 nitrogen and oxygen atoms in total. The maximum atomic E-state index is 11.3. The molecule has 0 aromatic carbocycles. The Morgan fingerprint density at radius 1 is 1.31 bits per heavy atom. The molecule has 0 unspecified atom stereocenters. The quantitative estimate of drug-likeness (QED) is 0.596. The molecule has 0 aliphatic carbocycles. The van der Waals surface area contributed by atoms with Crippen molar-refractivity contribution in [1.29, 1.82) is 0 Å². The molecule has 5 heteroatoms. The summed E-state index contributed by atoms with van der Waals surface area (Å²) in [5, 5.41) is 2.76. The topological polar surface area (TPSA) is 50.8 Å². The fraction of sp³-hybridized carbons (Fsp3) is 0.875. The second kappa shape index (κ2) is 3.93. The molecule has 13 heavy (non-hydrogen) atoms. The van der Waals surface area contributed by atoms with Crippen LogP contribution in [0.3, 0.4) is 0 Å². The smallest absolute Gasteiger partial charge is 0.317 e. The molecule has 2 saturated heterocycles. The maximum Gasteiger partial charge on any atom is 0.317 e. The number of hydrogen-bond donors (Lipinski definition) is 1. The molecule has 0 atom stereocenters. The zero-order valence-electron chi connectivity index (χ0n) is 7.49. The normalized spacial score (nSPS) is 25.8. The number of nitrogens with one attached hydrogen (secondary N) is 1. The van der Waals surface area contributed by atoms with Gasteiger partial charge >= 0.3 is 6.03 Å². The molecular formula is C8H14N2O3. The lowest BCUT2D eigenvalue weighted by Crippen LogP contribution is -2.42. The summed E-state index contributed by atoms with van der Waals surface area (Å²) < 4.78 is 10.6. The highest BCUT2D eigenvalue weighted by Crippen LogP contribution is 2.08. The van der Waals surface area contributed by atoms with E-state index < -0.39 is 0 Å². The van der Waals surface area contributed by atoms with Crippen molar-refractivity contribution in [2.45, 2.75) is 6.04 Å². The van der Waals surface area contributed by atoms with Crippen molar-refractivity contribution in [2.75, 3.05) is 39.5 Å². The molecule has 2 aliphatic heterocycles. The van der Waals surface area contributed by atoms with Gasteiger partial charge in [-0.1, -0.05) is 0 Å². The number of ether oxygens (including phenoxy) is 2. The van der Waals surface area contributed by atoms with Crippen molar-refractivity contribution < 1.29 is 14.3 Å². The van der Waals surface area contributed by atoms with Gasteiger partial charge in [0.2, 0.25) is 0 Å². The van der Waals surface area contributed by atoms with E-state index in [0.29, 0.717) is 26.4 Å². The predicted octanol–water partition coefficient (Wildman–Crippen LogP) is -0.573. The monoisotopic (exact) mass is 186 g/mol. The number of carbonyl (C=O) groups is 1. The number of amides is 2. The van der Waals surface area contributed by atoms with Crippen LogP contribution in [0.25, 0.3) is 0 Å². The SMILES string of the molecule is O=C1NCCN1C1COCCOC1. The molecule has 0 aromatic rings. The van der Waals surface area contributed by atoms with Gasteiger partial charge in [-0.05, 0) is 0 Å². The highest BCUT2D eigenvalue weighted by Gasteiger charge is 2.28. The van der Waals surface area contributed by atoms with Gasteiger partial charge in [0.15, 0.2) is 0 Å². The Labute approximate surface area is 77.0 Å². The van der Waals surface area contributed by atoms with Gasteiger partial charge in [0.25, 0.3) is 0 Å². The molecule has 0 saturated carbocycles. The van der Waals surface area contributed by atoms with Crippen LogP contribution in [-0.2, 0) is 9.47 Å². The first-order valence-corrected chi connectivity index (χ1v) is 4.58. The second-order valence-corrected chi connectivity index (χ2v) is 3.23. The van der Waals surface area contributed by atoms with Gasteiger partial charge in [-0.15, -0.1) is 0 Å². The van der Waals surface area contributed by atoms with Gasteiger partial charge in [-0.25, -0.2) is 4.79 Å². The highest BCUT2D eigenvalue weighted by atomic mass is 16.5. The third-order valence-corrected chi connectivity index (χ3v) is 2.32. The first-order chi connectivity index (χ1) is 6.38. The van der Waals surface area contributed by atoms with Crippen molar-refractivity contribution >= 4 is 6.03 Å². The predicted molar refractivity (Wildman–Crippen MR) is 45.5 cm³/mol. The Kier molecular flexibility index (Phi) is 2.65. The number of carbonyl (C=O) groups excluding carboxylic acids is 1. The molecule has 1 N–H and O–H groups in total. The summed E-state index contributed by atoms with van der Waals surface area (Å²) in [5.41, 5.74) is 0. The third-order valence-electron chi connectivity index (χ3n) is 2.32. The Bertz CT molecular complexity index is 190. The summed E-state index contributed by atoms with van der Waals surface area (Å²) in [6, 6.07) is 0.0871. The van der Waals surface area contributed by atoms with Gasteiger partial charge in [0.1, 0.15) is 0 Å². The van der Waals surface area contributed by atoms with E-state index in [0.717, 1.165) is 13.1 Å². The van der Waals surface area contributed by atoms with E-state index in [1.807, 2.05) is 0 Å². The minimum atomic E-state index is -0.000833. The number of hydrogen-bond acceptors (Lipinski definition) is 3. The largest absolute Gasteiger partial charge is 0.377 e. The highest BCUT2D eigenvalue weighted by molar-refractivity contribution is 5.76. The van der Waals surface area contributed by atoms with Gasteiger partial charge in [-0.3, -0.25) is 0 Å². The summed E-state index contributed by atoms with van der Waals surface area (Å²) in [6.07, 6.45) is 0. The van der Waals surface area contributed by atoms with Crippen LogP contribution in [0.2, 0.25) is 0 Å². The molecule has 2 fully saturated rings. The molecule has 2 heterocycles. The van der Waals surface area contributed by atoms with Crippen molar-refractivity contribution in [3.8, 4) is 0 Å². The number of rotatable bonds is 1. The van der Waals surface area contributed by atoms with E-state index in [2.05, 4.69) is 5.32 Å². The van der Waals surface area contributed by atoms with E-state index in [1.165, 1.54) is 0 Å². The van der Waals surface area contributed by atoms with Crippen molar-refractivity contribution in [2.24, 2.45) is 0 Å². The molecule has 74 valence electrons. The summed E-state index contributed by atoms with van der Waals surface area (Å²) in [6.45, 7) is 3.93. The van der Waals surface area contributed by atoms with Gasteiger partial charge in [0, 0.05) is 13.1 Å². The Morgan fingerprint density at radius 2 is 2.00 bits per heavy atom. The van der Waals surface area contributed by atoms with Gasteiger partial charge in [0.05, 0.1) is 32.5 Å². The Balaban J connectivity index is 1.93. The molecule has 2 rings (SSSR count). The minimum absolute atomic E-state index is 0.000833. The van der Waals surface area contributed by atoms with E-state index >= 15 is 0 Å². The third kappa shape index (κ3) is 1.92. The average molecular weight is 186 g/mol. The van der Waals surface area contributed by atoms with Crippen LogP contribution in [0.15, 0.2) is 0 Å².